The first kappa shape index (κ1) is 19.3. The molecule has 1 unspecified atom stereocenters. The molecule has 0 radical (unpaired) electrons. The van der Waals surface area contributed by atoms with Crippen molar-refractivity contribution in [2.24, 2.45) is 0 Å². The average molecular weight is 358 g/mol. The molecule has 0 fully saturated rings. The lowest BCUT2D eigenvalue weighted by Gasteiger charge is -2.26. The van der Waals surface area contributed by atoms with Gasteiger partial charge in [-0.05, 0) is 12.1 Å². The summed E-state index contributed by atoms with van der Waals surface area (Å²) in [5.74, 6) is 0. The number of fused-ring (bicyclic) bond motifs is 2. The molecule has 1 atom stereocenters. The zero-order valence-electron chi connectivity index (χ0n) is 12.8. The molecule has 1 aromatic heterocycles. The fourth-order valence-corrected chi connectivity index (χ4v) is 3.75. The number of hydrogen-bond acceptors (Lipinski definition) is 2. The van der Waals surface area contributed by atoms with Gasteiger partial charge in [-0.3, -0.25) is 9.88 Å². The molecule has 2 N–H and O–H groups in total. The Hall–Kier alpha value is -0.780. The third kappa shape index (κ3) is 4.15. The Balaban J connectivity index is 0.00000121. The highest BCUT2D eigenvalue weighted by Gasteiger charge is 2.28. The fourth-order valence-electron chi connectivity index (χ4n) is 2.65. The van der Waals surface area contributed by atoms with E-state index < -0.39 is 0 Å². The van der Waals surface area contributed by atoms with Gasteiger partial charge in [-0.2, -0.15) is 0 Å². The van der Waals surface area contributed by atoms with Crippen LogP contribution in [-0.2, 0) is 0 Å². The molecule has 1 aliphatic rings. The smallest absolute Gasteiger partial charge is 0.168 e. The number of rotatable bonds is 4. The first-order chi connectivity index (χ1) is 9.75. The minimum absolute atomic E-state index is 0. The predicted octanol–water partition coefficient (Wildman–Crippen LogP) is -5.06. The average Bonchev–Trinajstić information content (AvgIpc) is 2.46. The molecule has 2 aromatic rings. The highest BCUT2D eigenvalue weighted by Crippen LogP contribution is 2.39. The van der Waals surface area contributed by atoms with Gasteiger partial charge >= 0.3 is 0 Å². The summed E-state index contributed by atoms with van der Waals surface area (Å²) < 4.78 is 0. The van der Waals surface area contributed by atoms with Crippen LogP contribution in [0.15, 0.2) is 52.5 Å². The highest BCUT2D eigenvalue weighted by atomic mass is 35.5. The van der Waals surface area contributed by atoms with Crippen LogP contribution in [0.1, 0.15) is 6.42 Å². The molecule has 3 rings (SSSR count). The quantitative estimate of drug-likeness (QED) is 0.571. The molecular formula is C16H21Cl2N3S. The van der Waals surface area contributed by atoms with E-state index in [1.807, 2.05) is 24.2 Å². The second-order valence-electron chi connectivity index (χ2n) is 5.51. The first-order valence-corrected chi connectivity index (χ1v) is 7.94. The number of nitrogens with one attached hydrogen (secondary N) is 2. The summed E-state index contributed by atoms with van der Waals surface area (Å²) in [7, 11) is 4.43. The summed E-state index contributed by atoms with van der Waals surface area (Å²) in [5.41, 5.74) is 2.72. The number of quaternary nitrogens is 2. The van der Waals surface area contributed by atoms with E-state index in [1.165, 1.54) is 43.9 Å². The first-order valence-electron chi connectivity index (χ1n) is 7.12. The van der Waals surface area contributed by atoms with E-state index >= 15 is 0 Å². The van der Waals surface area contributed by atoms with Crippen LogP contribution in [0, 0.1) is 0 Å². The summed E-state index contributed by atoms with van der Waals surface area (Å²) in [5, 5.41) is 0. The van der Waals surface area contributed by atoms with Crippen molar-refractivity contribution in [3.8, 4) is 0 Å². The van der Waals surface area contributed by atoms with Crippen LogP contribution >= 0.6 is 11.8 Å². The van der Waals surface area contributed by atoms with Crippen LogP contribution in [0.4, 0.5) is 11.4 Å². The number of halogens is 2. The topological polar surface area (TPSA) is 21.8 Å². The minimum Gasteiger partial charge on any atom is -1.00 e. The second kappa shape index (κ2) is 8.75. The summed E-state index contributed by atoms with van der Waals surface area (Å²) >= 11 is 1.86. The number of hydrogen-bond donors (Lipinski definition) is 2. The lowest BCUT2D eigenvalue weighted by molar-refractivity contribution is -0.862. The molecule has 0 bridgehead atoms. The molecule has 120 valence electrons. The Bertz CT molecular complexity index is 562. The summed E-state index contributed by atoms with van der Waals surface area (Å²) in [4.78, 5) is 10.0. The zero-order chi connectivity index (χ0) is 13.9. The largest absolute Gasteiger partial charge is 1.00 e. The van der Waals surface area contributed by atoms with Crippen LogP contribution in [0.25, 0.3) is 0 Å². The summed E-state index contributed by atoms with van der Waals surface area (Å²) in [6.07, 6.45) is 5.13. The van der Waals surface area contributed by atoms with Gasteiger partial charge in [0.15, 0.2) is 5.69 Å². The Morgan fingerprint density at radius 1 is 1.05 bits per heavy atom. The lowest BCUT2D eigenvalue weighted by atomic mass is 10.2. The van der Waals surface area contributed by atoms with Gasteiger partial charge in [0.2, 0.25) is 0 Å². The number of nitrogens with zero attached hydrogens (tertiary/aromatic N) is 1. The normalized spacial score (nSPS) is 15.3. The predicted molar refractivity (Wildman–Crippen MR) is 82.2 cm³/mol. The van der Waals surface area contributed by atoms with Gasteiger partial charge in [0, 0.05) is 18.7 Å². The van der Waals surface area contributed by atoms with E-state index in [2.05, 4.69) is 49.4 Å². The zero-order valence-corrected chi connectivity index (χ0v) is 15.1. The van der Waals surface area contributed by atoms with Gasteiger partial charge in [-0.15, -0.1) is 0 Å². The molecule has 0 aliphatic carbocycles. The number of para-hydroxylation sites is 1. The molecule has 0 amide bonds. The minimum atomic E-state index is 0. The van der Waals surface area contributed by atoms with Gasteiger partial charge in [-0.25, -0.2) is 0 Å². The lowest BCUT2D eigenvalue weighted by Crippen LogP contribution is -3.07. The van der Waals surface area contributed by atoms with Crippen molar-refractivity contribution in [1.82, 2.24) is 4.98 Å². The molecule has 1 aliphatic heterocycles. The standard InChI is InChI=1S/C16H19N3S.2ClH/c1-18(2)10-5-11-19-13-6-3-4-7-15(13)20-16-8-9-17-12-14(16)19;;/h3-4,6-9,12H,5,10-11H2,1-2H3;2*1H. The van der Waals surface area contributed by atoms with Crippen LogP contribution in [0.5, 0.6) is 0 Å². The van der Waals surface area contributed by atoms with Crippen molar-refractivity contribution in [2.45, 2.75) is 16.2 Å². The summed E-state index contributed by atoms with van der Waals surface area (Å²) in [6, 6.07) is 10.9. The SMILES string of the molecule is C[NH+](C)CCC[NH+]1c2ccccc2Sc2ccncc21.[Cl-].[Cl-]. The maximum Gasteiger partial charge on any atom is 0.168 e. The van der Waals surface area contributed by atoms with Gasteiger partial charge in [0.25, 0.3) is 0 Å². The van der Waals surface area contributed by atoms with Gasteiger partial charge in [0.1, 0.15) is 5.69 Å². The molecule has 0 spiro atoms. The van der Waals surface area contributed by atoms with E-state index in [9.17, 15) is 0 Å². The van der Waals surface area contributed by atoms with E-state index in [0.717, 1.165) is 6.54 Å². The second-order valence-corrected chi connectivity index (χ2v) is 6.59. The molecule has 0 saturated carbocycles. The van der Waals surface area contributed by atoms with Crippen LogP contribution in [-0.4, -0.2) is 32.2 Å². The van der Waals surface area contributed by atoms with Crippen molar-refractivity contribution in [2.75, 3.05) is 27.2 Å². The number of benzene rings is 1. The van der Waals surface area contributed by atoms with Crippen LogP contribution in [0.2, 0.25) is 0 Å². The van der Waals surface area contributed by atoms with E-state index in [4.69, 9.17) is 0 Å². The van der Waals surface area contributed by atoms with E-state index in [1.54, 1.807) is 0 Å². The number of pyridine rings is 1. The van der Waals surface area contributed by atoms with Crippen molar-refractivity contribution >= 4 is 23.1 Å². The molecule has 2 heterocycles. The third-order valence-electron chi connectivity index (χ3n) is 3.64. The van der Waals surface area contributed by atoms with E-state index in [-0.39, 0.29) is 24.8 Å². The van der Waals surface area contributed by atoms with Crippen molar-refractivity contribution in [3.63, 3.8) is 0 Å². The van der Waals surface area contributed by atoms with E-state index in [0.29, 0.717) is 0 Å². The molecule has 3 nitrogen and oxygen atoms in total. The summed E-state index contributed by atoms with van der Waals surface area (Å²) in [6.45, 7) is 2.33. The van der Waals surface area contributed by atoms with Crippen LogP contribution in [0.3, 0.4) is 0 Å². The number of aromatic nitrogens is 1. The molecule has 0 saturated heterocycles. The monoisotopic (exact) mass is 357 g/mol. The van der Waals surface area contributed by atoms with Gasteiger partial charge in [0.05, 0.1) is 43.2 Å². The maximum absolute atomic E-state index is 4.32. The van der Waals surface area contributed by atoms with Crippen LogP contribution < -0.4 is 34.6 Å². The molecule has 1 aromatic carbocycles. The molecular weight excluding hydrogens is 337 g/mol. The Kier molecular flexibility index (Phi) is 7.66. The van der Waals surface area contributed by atoms with Gasteiger partial charge < -0.3 is 29.7 Å². The Morgan fingerprint density at radius 2 is 1.77 bits per heavy atom. The van der Waals surface area contributed by atoms with Crippen molar-refractivity contribution < 1.29 is 34.6 Å². The maximum atomic E-state index is 4.32. The Morgan fingerprint density at radius 3 is 2.55 bits per heavy atom. The Labute approximate surface area is 148 Å². The van der Waals surface area contributed by atoms with Crippen molar-refractivity contribution in [1.29, 1.82) is 0 Å². The molecule has 22 heavy (non-hydrogen) atoms. The fraction of sp³-hybridized carbons (Fsp3) is 0.312. The third-order valence-corrected chi connectivity index (χ3v) is 4.79. The van der Waals surface area contributed by atoms with Crippen molar-refractivity contribution in [3.05, 3.63) is 42.7 Å². The van der Waals surface area contributed by atoms with Gasteiger partial charge in [-0.1, -0.05) is 23.9 Å². The highest BCUT2D eigenvalue weighted by molar-refractivity contribution is 7.99. The molecule has 6 heteroatoms.